The molecule has 0 atom stereocenters. The Balaban J connectivity index is 1.44. The zero-order chi connectivity index (χ0) is 25.0. The van der Waals surface area contributed by atoms with Gasteiger partial charge in [-0.25, -0.2) is 0 Å². The van der Waals surface area contributed by atoms with Gasteiger partial charge in [0.2, 0.25) is 0 Å². The number of fused-ring (bicyclic) bond motifs is 5. The summed E-state index contributed by atoms with van der Waals surface area (Å²) < 4.78 is 3.76. The van der Waals surface area contributed by atoms with Gasteiger partial charge in [0.15, 0.2) is 0 Å². The van der Waals surface area contributed by atoms with E-state index in [9.17, 15) is 0 Å². The highest BCUT2D eigenvalue weighted by molar-refractivity contribution is 7.24. The fourth-order valence-electron chi connectivity index (χ4n) is 5.84. The van der Waals surface area contributed by atoms with Gasteiger partial charge in [-0.3, -0.25) is 4.40 Å². The maximum atomic E-state index is 2.49. The van der Waals surface area contributed by atoms with Crippen LogP contribution in [0.15, 0.2) is 127 Å². The van der Waals surface area contributed by atoms with Crippen LogP contribution in [-0.4, -0.2) is 12.5 Å². The van der Waals surface area contributed by atoms with Gasteiger partial charge >= 0.3 is 0 Å². The molecule has 0 aliphatic rings. The van der Waals surface area contributed by atoms with E-state index in [1.54, 1.807) is 0 Å². The number of rotatable bonds is 4. The summed E-state index contributed by atoms with van der Waals surface area (Å²) in [6.07, 6.45) is 0. The lowest BCUT2D eigenvalue weighted by atomic mass is 10.0. The van der Waals surface area contributed by atoms with E-state index in [2.05, 4.69) is 145 Å². The molecule has 37 heavy (non-hydrogen) atoms. The number of aromatic nitrogens is 1. The quantitative estimate of drug-likeness (QED) is 0.172. The molecule has 1 nitrogen and oxygen atoms in total. The summed E-state index contributed by atoms with van der Waals surface area (Å²) in [6.45, 7) is 4.74. The third kappa shape index (κ3) is 3.50. The Labute approximate surface area is 222 Å². The Morgan fingerprint density at radius 3 is 1.97 bits per heavy atom. The lowest BCUT2D eigenvalue weighted by molar-refractivity contribution is 1.36. The Hall–Kier alpha value is -3.92. The minimum absolute atomic E-state index is 1.28. The van der Waals surface area contributed by atoms with Crippen molar-refractivity contribution in [3.8, 4) is 11.1 Å². The Bertz CT molecular complexity index is 1860. The highest BCUT2D eigenvalue weighted by Crippen LogP contribution is 2.36. The second-order valence-corrected chi connectivity index (χ2v) is 15.1. The molecule has 0 spiro atoms. The SMILES string of the molecule is Cc1cc2sc3cc4ccccc4n3c2cc1-c1cccc([Si](C)(c2ccccc2)c2ccccc2)c1. The molecule has 0 amide bonds. The topological polar surface area (TPSA) is 4.41 Å². The van der Waals surface area contributed by atoms with E-state index in [0.29, 0.717) is 0 Å². The van der Waals surface area contributed by atoms with Gasteiger partial charge in [-0.05, 0) is 63.4 Å². The Morgan fingerprint density at radius 1 is 0.595 bits per heavy atom. The van der Waals surface area contributed by atoms with E-state index in [4.69, 9.17) is 0 Å². The average molecular weight is 510 g/mol. The van der Waals surface area contributed by atoms with E-state index < -0.39 is 8.07 Å². The molecule has 0 saturated heterocycles. The van der Waals surface area contributed by atoms with E-state index in [-0.39, 0.29) is 0 Å². The molecule has 2 heterocycles. The van der Waals surface area contributed by atoms with Crippen molar-refractivity contribution in [2.75, 3.05) is 0 Å². The predicted molar refractivity (Wildman–Crippen MR) is 164 cm³/mol. The van der Waals surface area contributed by atoms with E-state index in [1.807, 2.05) is 11.3 Å². The van der Waals surface area contributed by atoms with Crippen LogP contribution in [0.5, 0.6) is 0 Å². The molecule has 7 aromatic rings. The molecule has 0 radical (unpaired) electrons. The molecule has 0 unspecified atom stereocenters. The van der Waals surface area contributed by atoms with Crippen LogP contribution in [0.25, 0.3) is 37.1 Å². The Kier molecular flexibility index (Phi) is 5.17. The van der Waals surface area contributed by atoms with Crippen molar-refractivity contribution in [2.24, 2.45) is 0 Å². The molecule has 0 bridgehead atoms. The normalized spacial score (nSPS) is 12.1. The van der Waals surface area contributed by atoms with Gasteiger partial charge in [-0.2, -0.15) is 0 Å². The molecule has 0 aliphatic heterocycles. The smallest absolute Gasteiger partial charge is 0.145 e. The molecule has 0 aliphatic carbocycles. The second kappa shape index (κ2) is 8.58. The minimum Gasteiger partial charge on any atom is -0.300 e. The number of thiazole rings is 1. The van der Waals surface area contributed by atoms with Crippen molar-refractivity contribution in [3.63, 3.8) is 0 Å². The highest BCUT2D eigenvalue weighted by Gasteiger charge is 2.34. The molecule has 7 rings (SSSR count). The van der Waals surface area contributed by atoms with Crippen molar-refractivity contribution in [3.05, 3.63) is 133 Å². The van der Waals surface area contributed by atoms with Crippen LogP contribution in [0.4, 0.5) is 0 Å². The molecular formula is C34H27NSSi. The summed E-state index contributed by atoms with van der Waals surface area (Å²) in [5, 5.41) is 5.60. The van der Waals surface area contributed by atoms with Gasteiger partial charge in [0, 0.05) is 5.39 Å². The molecule has 0 N–H and O–H groups in total. The predicted octanol–water partition coefficient (Wildman–Crippen LogP) is 7.38. The maximum Gasteiger partial charge on any atom is 0.145 e. The van der Waals surface area contributed by atoms with Crippen LogP contribution in [0, 0.1) is 6.92 Å². The van der Waals surface area contributed by atoms with Gasteiger partial charge in [0.1, 0.15) is 12.9 Å². The summed E-state index contributed by atoms with van der Waals surface area (Å²) in [7, 11) is -2.17. The first-order chi connectivity index (χ1) is 18.1. The molecule has 0 fully saturated rings. The number of hydrogen-bond acceptors (Lipinski definition) is 1. The van der Waals surface area contributed by atoms with Crippen molar-refractivity contribution < 1.29 is 0 Å². The van der Waals surface area contributed by atoms with Crippen molar-refractivity contribution >= 4 is 60.9 Å². The first-order valence-electron chi connectivity index (χ1n) is 12.8. The largest absolute Gasteiger partial charge is 0.300 e. The summed E-state index contributed by atoms with van der Waals surface area (Å²) >= 11 is 1.88. The standard InChI is InChI=1S/C34H27NSSi/c1-24-20-33-32(35-31-19-10-9-12-26(31)22-34(35)36-33)23-30(24)25-13-11-18-29(21-25)37(2,27-14-5-3-6-15-27)28-16-7-4-8-17-28/h3-23H,1-2H3. The van der Waals surface area contributed by atoms with E-state index in [1.165, 1.54) is 58.2 Å². The zero-order valence-electron chi connectivity index (χ0n) is 21.0. The van der Waals surface area contributed by atoms with Crippen molar-refractivity contribution in [1.82, 2.24) is 4.40 Å². The van der Waals surface area contributed by atoms with Crippen molar-refractivity contribution in [2.45, 2.75) is 13.5 Å². The number of benzene rings is 5. The lowest BCUT2D eigenvalue weighted by Crippen LogP contribution is -2.64. The van der Waals surface area contributed by atoms with Crippen LogP contribution in [0.2, 0.25) is 6.55 Å². The monoisotopic (exact) mass is 509 g/mol. The third-order valence-electron chi connectivity index (χ3n) is 7.89. The molecule has 0 saturated carbocycles. The molecule has 3 heteroatoms. The number of para-hydroxylation sites is 1. The van der Waals surface area contributed by atoms with Crippen molar-refractivity contribution in [1.29, 1.82) is 0 Å². The van der Waals surface area contributed by atoms with Crippen LogP contribution < -0.4 is 15.6 Å². The first-order valence-corrected chi connectivity index (χ1v) is 16.1. The van der Waals surface area contributed by atoms with Crippen LogP contribution in [0.1, 0.15) is 5.56 Å². The van der Waals surface area contributed by atoms with Crippen LogP contribution in [0.3, 0.4) is 0 Å². The maximum absolute atomic E-state index is 2.49. The molecule has 178 valence electrons. The average Bonchev–Trinajstić information content (AvgIpc) is 3.48. The molecule has 5 aromatic carbocycles. The fourth-order valence-corrected chi connectivity index (χ4v) is 10.6. The Morgan fingerprint density at radius 2 is 1.24 bits per heavy atom. The number of hydrogen-bond donors (Lipinski definition) is 0. The van der Waals surface area contributed by atoms with Gasteiger partial charge in [0.05, 0.1) is 15.7 Å². The highest BCUT2D eigenvalue weighted by atomic mass is 32.1. The summed E-state index contributed by atoms with van der Waals surface area (Å²) in [4.78, 5) is 1.30. The zero-order valence-corrected chi connectivity index (χ0v) is 22.8. The van der Waals surface area contributed by atoms with Crippen LogP contribution >= 0.6 is 11.3 Å². The summed E-state index contributed by atoms with van der Waals surface area (Å²) in [5.41, 5.74) is 6.49. The molecular weight excluding hydrogens is 483 g/mol. The van der Waals surface area contributed by atoms with Gasteiger partial charge in [-0.15, -0.1) is 11.3 Å². The number of nitrogens with zero attached hydrogens (tertiary/aromatic N) is 1. The minimum atomic E-state index is -2.17. The fraction of sp³-hybridized carbons (Fsp3) is 0.0588. The van der Waals surface area contributed by atoms with Gasteiger partial charge < -0.3 is 0 Å². The number of aryl methyl sites for hydroxylation is 1. The second-order valence-electron chi connectivity index (χ2n) is 10.1. The van der Waals surface area contributed by atoms with E-state index in [0.717, 1.165) is 0 Å². The lowest BCUT2D eigenvalue weighted by Gasteiger charge is -2.30. The first kappa shape index (κ1) is 22.3. The summed E-state index contributed by atoms with van der Waals surface area (Å²) in [6, 6.07) is 47.3. The van der Waals surface area contributed by atoms with Crippen LogP contribution in [-0.2, 0) is 0 Å². The van der Waals surface area contributed by atoms with Gasteiger partial charge in [0.25, 0.3) is 0 Å². The summed E-state index contributed by atoms with van der Waals surface area (Å²) in [5.74, 6) is 0. The molecule has 2 aromatic heterocycles. The third-order valence-corrected chi connectivity index (χ3v) is 13.4. The van der Waals surface area contributed by atoms with Gasteiger partial charge in [-0.1, -0.05) is 110 Å². The van der Waals surface area contributed by atoms with E-state index >= 15 is 0 Å².